The number of hydrogen-bond acceptors (Lipinski definition) is 5. The normalized spacial score (nSPS) is 15.3. The highest BCUT2D eigenvalue weighted by atomic mass is 32.2. The van der Waals surface area contributed by atoms with E-state index in [0.29, 0.717) is 24.3 Å². The van der Waals surface area contributed by atoms with E-state index in [0.717, 1.165) is 12.8 Å². The van der Waals surface area contributed by atoms with Gasteiger partial charge in [-0.15, -0.1) is 0 Å². The molecule has 3 rings (SSSR count). The van der Waals surface area contributed by atoms with Crippen LogP contribution in [0.5, 0.6) is 0 Å². The molecule has 7 nitrogen and oxygen atoms in total. The lowest BCUT2D eigenvalue weighted by Gasteiger charge is -2.15. The van der Waals surface area contributed by atoms with Crippen LogP contribution >= 0.6 is 0 Å². The zero-order valence-corrected chi connectivity index (χ0v) is 13.9. The van der Waals surface area contributed by atoms with Crippen molar-refractivity contribution in [3.8, 4) is 0 Å². The van der Waals surface area contributed by atoms with Gasteiger partial charge in [0, 0.05) is 31.2 Å². The Labute approximate surface area is 140 Å². The van der Waals surface area contributed by atoms with E-state index in [1.165, 1.54) is 22.9 Å². The Kier molecular flexibility index (Phi) is 4.86. The van der Waals surface area contributed by atoms with Gasteiger partial charge in [0.2, 0.25) is 10.0 Å². The largest absolute Gasteiger partial charge is 0.321 e. The number of aromatic nitrogens is 2. The highest BCUT2D eigenvalue weighted by molar-refractivity contribution is 7.88. The molecule has 2 aromatic rings. The van der Waals surface area contributed by atoms with E-state index in [2.05, 4.69) is 15.3 Å². The van der Waals surface area contributed by atoms with Gasteiger partial charge in [0.1, 0.15) is 5.69 Å². The second-order valence-electron chi connectivity index (χ2n) is 5.61. The molecule has 1 aliphatic heterocycles. The fourth-order valence-corrected chi connectivity index (χ4v) is 4.22. The fraction of sp³-hybridized carbons (Fsp3) is 0.312. The molecular formula is C16H18N4O3S. The van der Waals surface area contributed by atoms with Crippen LogP contribution in [0.2, 0.25) is 0 Å². The van der Waals surface area contributed by atoms with Gasteiger partial charge in [0.25, 0.3) is 5.91 Å². The number of carbonyl (C=O) groups excluding carboxylic acids is 1. The zero-order chi connectivity index (χ0) is 17.0. The van der Waals surface area contributed by atoms with Crippen LogP contribution in [0.25, 0.3) is 0 Å². The summed E-state index contributed by atoms with van der Waals surface area (Å²) >= 11 is 0. The molecule has 0 saturated carbocycles. The van der Waals surface area contributed by atoms with E-state index in [1.807, 2.05) is 0 Å². The minimum atomic E-state index is -3.31. The predicted octanol–water partition coefficient (Wildman–Crippen LogP) is 1.65. The molecule has 0 bridgehead atoms. The van der Waals surface area contributed by atoms with Gasteiger partial charge in [-0.2, -0.15) is 0 Å². The maximum Gasteiger partial charge on any atom is 0.275 e. The lowest BCUT2D eigenvalue weighted by atomic mass is 10.2. The molecule has 1 N–H and O–H groups in total. The third-order valence-corrected chi connectivity index (χ3v) is 5.64. The molecule has 0 atom stereocenters. The minimum absolute atomic E-state index is 0.0676. The van der Waals surface area contributed by atoms with Gasteiger partial charge in [-0.25, -0.2) is 17.7 Å². The van der Waals surface area contributed by atoms with E-state index < -0.39 is 10.0 Å². The summed E-state index contributed by atoms with van der Waals surface area (Å²) in [5.41, 5.74) is 1.37. The van der Waals surface area contributed by atoms with Crippen molar-refractivity contribution in [2.45, 2.75) is 18.6 Å². The highest BCUT2D eigenvalue weighted by Crippen LogP contribution is 2.19. The van der Waals surface area contributed by atoms with Crippen molar-refractivity contribution in [3.05, 3.63) is 54.1 Å². The molecule has 8 heteroatoms. The van der Waals surface area contributed by atoms with Gasteiger partial charge < -0.3 is 5.32 Å². The number of rotatable bonds is 5. The molecule has 0 aliphatic carbocycles. The number of benzene rings is 1. The molecule has 1 saturated heterocycles. The first kappa shape index (κ1) is 16.5. The van der Waals surface area contributed by atoms with Crippen LogP contribution in [-0.2, 0) is 15.8 Å². The van der Waals surface area contributed by atoms with E-state index in [9.17, 15) is 13.2 Å². The van der Waals surface area contributed by atoms with Crippen LogP contribution in [0.4, 0.5) is 5.69 Å². The van der Waals surface area contributed by atoms with Crippen LogP contribution in [0.15, 0.2) is 42.9 Å². The minimum Gasteiger partial charge on any atom is -0.321 e. The average molecular weight is 346 g/mol. The maximum atomic E-state index is 12.4. The van der Waals surface area contributed by atoms with Gasteiger partial charge in [0.15, 0.2) is 0 Å². The molecule has 1 amide bonds. The lowest BCUT2D eigenvalue weighted by molar-refractivity contribution is 0.102. The summed E-state index contributed by atoms with van der Waals surface area (Å²) in [6, 6.07) is 6.84. The van der Waals surface area contributed by atoms with Gasteiger partial charge in [-0.05, 0) is 30.5 Å². The molecular weight excluding hydrogens is 328 g/mol. The Bertz CT molecular complexity index is 818. The Morgan fingerprint density at radius 3 is 2.71 bits per heavy atom. The molecule has 0 spiro atoms. The van der Waals surface area contributed by atoms with E-state index >= 15 is 0 Å². The molecule has 126 valence electrons. The Morgan fingerprint density at radius 2 is 2.00 bits per heavy atom. The summed E-state index contributed by atoms with van der Waals surface area (Å²) < 4.78 is 26.3. The summed E-state index contributed by atoms with van der Waals surface area (Å²) in [6.45, 7) is 1.18. The standard InChI is InChI=1S/C16H18N4O3S/c21-16(15-11-17-6-7-18-15)19-14-5-3-4-13(10-14)12-24(22,23)20-8-1-2-9-20/h3-7,10-11H,1-2,8-9,12H2,(H,19,21). The van der Waals surface area contributed by atoms with Crippen molar-refractivity contribution in [2.24, 2.45) is 0 Å². The quantitative estimate of drug-likeness (QED) is 0.889. The van der Waals surface area contributed by atoms with Crippen molar-refractivity contribution in [1.82, 2.24) is 14.3 Å². The number of anilines is 1. The van der Waals surface area contributed by atoms with Crippen molar-refractivity contribution >= 4 is 21.6 Å². The first-order valence-corrected chi connectivity index (χ1v) is 9.30. The van der Waals surface area contributed by atoms with Crippen molar-refractivity contribution in [1.29, 1.82) is 0 Å². The lowest BCUT2D eigenvalue weighted by Crippen LogP contribution is -2.29. The molecule has 1 aliphatic rings. The molecule has 1 fully saturated rings. The summed E-state index contributed by atoms with van der Waals surface area (Å²) in [4.78, 5) is 19.9. The van der Waals surface area contributed by atoms with Crippen molar-refractivity contribution < 1.29 is 13.2 Å². The van der Waals surface area contributed by atoms with Gasteiger partial charge in [0.05, 0.1) is 11.9 Å². The number of sulfonamides is 1. The summed E-state index contributed by atoms with van der Waals surface area (Å²) in [7, 11) is -3.31. The zero-order valence-electron chi connectivity index (χ0n) is 13.1. The maximum absolute atomic E-state index is 12.4. The molecule has 24 heavy (non-hydrogen) atoms. The first-order valence-electron chi connectivity index (χ1n) is 7.69. The number of nitrogens with zero attached hydrogens (tertiary/aromatic N) is 3. The summed E-state index contributed by atoms with van der Waals surface area (Å²) in [6.07, 6.45) is 6.12. The molecule has 0 unspecified atom stereocenters. The number of amides is 1. The SMILES string of the molecule is O=C(Nc1cccc(CS(=O)(=O)N2CCCC2)c1)c1cnccn1. The molecule has 0 radical (unpaired) electrons. The van der Waals surface area contributed by atoms with Gasteiger partial charge in [-0.1, -0.05) is 12.1 Å². The second-order valence-corrected chi connectivity index (χ2v) is 7.58. The van der Waals surface area contributed by atoms with E-state index in [4.69, 9.17) is 0 Å². The Morgan fingerprint density at radius 1 is 1.21 bits per heavy atom. The highest BCUT2D eigenvalue weighted by Gasteiger charge is 2.25. The van der Waals surface area contributed by atoms with Crippen molar-refractivity contribution in [2.75, 3.05) is 18.4 Å². The Balaban J connectivity index is 1.71. The van der Waals surface area contributed by atoms with Crippen LogP contribution in [0, 0.1) is 0 Å². The smallest absolute Gasteiger partial charge is 0.275 e. The Hall–Kier alpha value is -2.32. The average Bonchev–Trinajstić information content (AvgIpc) is 3.11. The number of carbonyl (C=O) groups is 1. The van der Waals surface area contributed by atoms with Crippen LogP contribution in [0.3, 0.4) is 0 Å². The van der Waals surface area contributed by atoms with Crippen LogP contribution in [-0.4, -0.2) is 41.7 Å². The van der Waals surface area contributed by atoms with Crippen LogP contribution in [0.1, 0.15) is 28.9 Å². The van der Waals surface area contributed by atoms with E-state index in [-0.39, 0.29) is 17.4 Å². The summed E-state index contributed by atoms with van der Waals surface area (Å²) in [5, 5.41) is 2.70. The van der Waals surface area contributed by atoms with Gasteiger partial charge >= 0.3 is 0 Å². The monoisotopic (exact) mass is 346 g/mol. The number of hydrogen-bond donors (Lipinski definition) is 1. The van der Waals surface area contributed by atoms with Gasteiger partial charge in [-0.3, -0.25) is 9.78 Å². The number of nitrogens with one attached hydrogen (secondary N) is 1. The summed E-state index contributed by atoms with van der Waals surface area (Å²) in [5.74, 6) is -0.454. The van der Waals surface area contributed by atoms with Crippen molar-refractivity contribution in [3.63, 3.8) is 0 Å². The second kappa shape index (κ2) is 7.06. The molecule has 2 heterocycles. The first-order chi connectivity index (χ1) is 11.5. The predicted molar refractivity (Wildman–Crippen MR) is 89.9 cm³/mol. The third-order valence-electron chi connectivity index (χ3n) is 3.79. The topological polar surface area (TPSA) is 92.3 Å². The van der Waals surface area contributed by atoms with Crippen LogP contribution < -0.4 is 5.32 Å². The fourth-order valence-electron chi connectivity index (χ4n) is 2.62. The third kappa shape index (κ3) is 3.95. The van der Waals surface area contributed by atoms with E-state index in [1.54, 1.807) is 24.3 Å². The molecule has 1 aromatic carbocycles. The molecule has 1 aromatic heterocycles.